The van der Waals surface area contributed by atoms with Crippen LogP contribution in [0.1, 0.15) is 33.3 Å². The molecule has 2 heterocycles. The lowest BCUT2D eigenvalue weighted by atomic mass is 9.98. The van der Waals surface area contributed by atoms with E-state index in [0.29, 0.717) is 34.6 Å². The van der Waals surface area contributed by atoms with Crippen molar-refractivity contribution in [1.29, 1.82) is 0 Å². The van der Waals surface area contributed by atoms with Crippen LogP contribution in [0.2, 0.25) is 0 Å². The Morgan fingerprint density at radius 1 is 1.03 bits per heavy atom. The number of anilines is 1. The van der Waals surface area contributed by atoms with E-state index in [1.54, 1.807) is 35.2 Å². The lowest BCUT2D eigenvalue weighted by Gasteiger charge is -2.25. The van der Waals surface area contributed by atoms with Gasteiger partial charge >= 0.3 is 0 Å². The van der Waals surface area contributed by atoms with Gasteiger partial charge in [0.2, 0.25) is 5.76 Å². The fraction of sp³-hybridized carbons (Fsp3) is 0.111. The molecule has 1 atom stereocenters. The first kappa shape index (κ1) is 19.8. The molecule has 1 aliphatic heterocycles. The summed E-state index contributed by atoms with van der Waals surface area (Å²) in [4.78, 5) is 28.7. The molecule has 5 heteroatoms. The van der Waals surface area contributed by atoms with Crippen molar-refractivity contribution in [2.45, 2.75) is 13.0 Å². The summed E-state index contributed by atoms with van der Waals surface area (Å²) in [6.45, 7) is 6.03. The predicted octanol–water partition coefficient (Wildman–Crippen LogP) is 5.42. The summed E-state index contributed by atoms with van der Waals surface area (Å²) in [5.41, 5.74) is 3.09. The van der Waals surface area contributed by atoms with Gasteiger partial charge in [0.1, 0.15) is 17.9 Å². The van der Waals surface area contributed by atoms with Crippen molar-refractivity contribution in [3.63, 3.8) is 0 Å². The first-order chi connectivity index (χ1) is 15.6. The smallest absolute Gasteiger partial charge is 0.295 e. The Kier molecular flexibility index (Phi) is 4.86. The molecule has 1 amide bonds. The number of carbonyl (C=O) groups excluding carboxylic acids is 1. The largest absolute Gasteiger partial charge is 0.490 e. The highest BCUT2D eigenvalue weighted by Crippen LogP contribution is 2.41. The van der Waals surface area contributed by atoms with Gasteiger partial charge in [-0.2, -0.15) is 0 Å². The Bertz CT molecular complexity index is 1400. The topological polar surface area (TPSA) is 59.8 Å². The number of hydrogen-bond acceptors (Lipinski definition) is 4. The maximum atomic E-state index is 13.6. The number of nitrogens with zero attached hydrogens (tertiary/aromatic N) is 1. The number of aryl methyl sites for hydroxylation is 1. The maximum Gasteiger partial charge on any atom is 0.295 e. The van der Waals surface area contributed by atoms with Crippen molar-refractivity contribution in [2.75, 3.05) is 11.5 Å². The fourth-order valence-electron chi connectivity index (χ4n) is 4.18. The molecule has 0 saturated carbocycles. The number of carbonyl (C=O) groups is 1. The van der Waals surface area contributed by atoms with Gasteiger partial charge in [-0.1, -0.05) is 49.1 Å². The molecule has 0 spiro atoms. The zero-order valence-electron chi connectivity index (χ0n) is 17.6. The molecule has 1 unspecified atom stereocenters. The highest BCUT2D eigenvalue weighted by molar-refractivity contribution is 6.10. The summed E-state index contributed by atoms with van der Waals surface area (Å²) in [5.74, 6) is 0.448. The van der Waals surface area contributed by atoms with Gasteiger partial charge in [-0.05, 0) is 54.4 Å². The minimum atomic E-state index is -0.603. The minimum absolute atomic E-state index is 0.0900. The molecule has 1 aromatic heterocycles. The molecule has 0 aliphatic carbocycles. The SMILES string of the molecule is C=CCOc1ccc(C2c3c(oc4ccccc4c3=O)C(=O)N2c2cccc(C)c2)cc1. The third-order valence-corrected chi connectivity index (χ3v) is 5.62. The standard InChI is InChI=1S/C27H21NO4/c1-3-15-31-20-13-11-18(12-14-20)24-23-25(29)21-9-4-5-10-22(21)32-26(23)27(30)28(24)19-8-6-7-17(2)16-19/h3-14,16,24H,1,15H2,2H3. The molecule has 32 heavy (non-hydrogen) atoms. The van der Waals surface area contributed by atoms with Gasteiger partial charge in [-0.25, -0.2) is 0 Å². The number of benzene rings is 3. The molecule has 158 valence electrons. The number of para-hydroxylation sites is 1. The Morgan fingerprint density at radius 3 is 2.56 bits per heavy atom. The second-order valence-electron chi connectivity index (χ2n) is 7.76. The van der Waals surface area contributed by atoms with Crippen LogP contribution in [0.5, 0.6) is 5.75 Å². The van der Waals surface area contributed by atoms with Crippen LogP contribution in [0.4, 0.5) is 5.69 Å². The zero-order valence-corrected chi connectivity index (χ0v) is 17.6. The highest BCUT2D eigenvalue weighted by Gasteiger charge is 2.43. The van der Waals surface area contributed by atoms with Crippen molar-refractivity contribution in [1.82, 2.24) is 0 Å². The molecule has 5 nitrogen and oxygen atoms in total. The Hall–Kier alpha value is -4.12. The molecular formula is C27H21NO4. The molecule has 5 rings (SSSR count). The number of ether oxygens (including phenoxy) is 1. The van der Waals surface area contributed by atoms with Crippen molar-refractivity contribution < 1.29 is 13.9 Å². The summed E-state index contributed by atoms with van der Waals surface area (Å²) in [5, 5.41) is 0.459. The first-order valence-electron chi connectivity index (χ1n) is 10.4. The van der Waals surface area contributed by atoms with Gasteiger partial charge < -0.3 is 9.15 Å². The van der Waals surface area contributed by atoms with Crippen LogP contribution < -0.4 is 15.1 Å². The van der Waals surface area contributed by atoms with Gasteiger partial charge in [0.05, 0.1) is 17.0 Å². The number of fused-ring (bicyclic) bond motifs is 2. The molecule has 0 saturated heterocycles. The fourth-order valence-corrected chi connectivity index (χ4v) is 4.18. The maximum absolute atomic E-state index is 13.6. The third-order valence-electron chi connectivity index (χ3n) is 5.62. The second kappa shape index (κ2) is 7.85. The minimum Gasteiger partial charge on any atom is -0.490 e. The van der Waals surface area contributed by atoms with Gasteiger partial charge in [0.25, 0.3) is 5.91 Å². The van der Waals surface area contributed by atoms with E-state index < -0.39 is 6.04 Å². The molecule has 0 fully saturated rings. The molecule has 4 aromatic rings. The first-order valence-corrected chi connectivity index (χ1v) is 10.4. The van der Waals surface area contributed by atoms with Crippen molar-refractivity contribution in [3.05, 3.63) is 118 Å². The van der Waals surface area contributed by atoms with Crippen LogP contribution in [-0.2, 0) is 0 Å². The molecule has 0 bridgehead atoms. The Morgan fingerprint density at radius 2 is 1.81 bits per heavy atom. The second-order valence-corrected chi connectivity index (χ2v) is 7.76. The summed E-state index contributed by atoms with van der Waals surface area (Å²) < 4.78 is 11.6. The van der Waals surface area contributed by atoms with E-state index in [4.69, 9.17) is 9.15 Å². The zero-order chi connectivity index (χ0) is 22.2. The predicted molar refractivity (Wildman–Crippen MR) is 124 cm³/mol. The summed E-state index contributed by atoms with van der Waals surface area (Å²) in [6, 6.07) is 21.5. The lowest BCUT2D eigenvalue weighted by Crippen LogP contribution is -2.29. The van der Waals surface area contributed by atoms with Crippen LogP contribution in [0, 0.1) is 6.92 Å². The van der Waals surface area contributed by atoms with Gasteiger partial charge in [0, 0.05) is 5.69 Å². The number of rotatable bonds is 5. The molecule has 3 aromatic carbocycles. The molecule has 1 aliphatic rings. The van der Waals surface area contributed by atoms with E-state index in [9.17, 15) is 9.59 Å². The van der Waals surface area contributed by atoms with Crippen LogP contribution in [0.3, 0.4) is 0 Å². The number of hydrogen-bond donors (Lipinski definition) is 0. The monoisotopic (exact) mass is 423 g/mol. The summed E-state index contributed by atoms with van der Waals surface area (Å²) >= 11 is 0. The van der Waals surface area contributed by atoms with E-state index >= 15 is 0 Å². The van der Waals surface area contributed by atoms with E-state index in [2.05, 4.69) is 6.58 Å². The summed E-state index contributed by atoms with van der Waals surface area (Å²) in [6.07, 6.45) is 1.68. The average molecular weight is 423 g/mol. The highest BCUT2D eigenvalue weighted by atomic mass is 16.5. The van der Waals surface area contributed by atoms with Gasteiger partial charge in [-0.3, -0.25) is 14.5 Å². The van der Waals surface area contributed by atoms with Crippen LogP contribution in [-0.4, -0.2) is 12.5 Å². The Balaban J connectivity index is 1.72. The van der Waals surface area contributed by atoms with E-state index in [1.807, 2.05) is 55.5 Å². The Labute approximate surface area is 185 Å². The van der Waals surface area contributed by atoms with Crippen molar-refractivity contribution in [3.8, 4) is 5.75 Å². The lowest BCUT2D eigenvalue weighted by molar-refractivity contribution is 0.0971. The van der Waals surface area contributed by atoms with Crippen molar-refractivity contribution >= 4 is 22.6 Å². The van der Waals surface area contributed by atoms with Crippen LogP contribution in [0.25, 0.3) is 11.0 Å². The average Bonchev–Trinajstić information content (AvgIpc) is 3.11. The molecule has 0 radical (unpaired) electrons. The van der Waals surface area contributed by atoms with Crippen molar-refractivity contribution in [2.24, 2.45) is 0 Å². The van der Waals surface area contributed by atoms with Crippen LogP contribution >= 0.6 is 0 Å². The van der Waals surface area contributed by atoms with E-state index in [1.165, 1.54) is 0 Å². The normalized spacial score (nSPS) is 15.1. The van der Waals surface area contributed by atoms with E-state index in [0.717, 1.165) is 11.1 Å². The molecular weight excluding hydrogens is 402 g/mol. The van der Waals surface area contributed by atoms with Gasteiger partial charge in [-0.15, -0.1) is 0 Å². The number of amides is 1. The van der Waals surface area contributed by atoms with Crippen LogP contribution in [0.15, 0.2) is 94.7 Å². The molecule has 0 N–H and O–H groups in total. The third kappa shape index (κ3) is 3.19. The van der Waals surface area contributed by atoms with E-state index in [-0.39, 0.29) is 17.1 Å². The summed E-state index contributed by atoms with van der Waals surface area (Å²) in [7, 11) is 0. The quantitative estimate of drug-likeness (QED) is 0.403. The van der Waals surface area contributed by atoms with Gasteiger partial charge in [0.15, 0.2) is 5.43 Å².